The van der Waals surface area contributed by atoms with Crippen LogP contribution in [0.5, 0.6) is 0 Å². The number of carbonyl (C=O) groups excluding carboxylic acids is 2. The molecule has 3 aromatic rings. The molecule has 0 N–H and O–H groups in total. The second kappa shape index (κ2) is 8.51. The summed E-state index contributed by atoms with van der Waals surface area (Å²) in [6.45, 7) is 9.47. The van der Waals surface area contributed by atoms with E-state index in [9.17, 15) is 9.59 Å². The molecule has 0 radical (unpaired) electrons. The van der Waals surface area contributed by atoms with Gasteiger partial charge in [-0.15, -0.1) is 11.3 Å². The van der Waals surface area contributed by atoms with Crippen LogP contribution >= 0.6 is 11.3 Å². The summed E-state index contributed by atoms with van der Waals surface area (Å²) in [6.07, 6.45) is 1.58. The van der Waals surface area contributed by atoms with Gasteiger partial charge in [0.25, 0.3) is 0 Å². The van der Waals surface area contributed by atoms with E-state index >= 15 is 0 Å². The molecule has 1 aromatic heterocycles. The van der Waals surface area contributed by atoms with Gasteiger partial charge in [-0.25, -0.2) is 14.8 Å². The van der Waals surface area contributed by atoms with Crippen LogP contribution in [0.4, 0.5) is 10.8 Å². The number of esters is 1. The number of aromatic nitrogens is 1. The average molecular weight is 446 g/mol. The predicted molar refractivity (Wildman–Crippen MR) is 127 cm³/mol. The molecule has 162 valence electrons. The predicted octanol–water partition coefficient (Wildman–Crippen LogP) is 5.41. The smallest absolute Gasteiger partial charge is 0.363 e. The summed E-state index contributed by atoms with van der Waals surface area (Å²) in [5.74, 6) is -0.377. The van der Waals surface area contributed by atoms with Crippen LogP contribution in [0.15, 0.2) is 52.5 Å². The van der Waals surface area contributed by atoms with Crippen molar-refractivity contribution in [3.05, 3.63) is 81.0 Å². The number of hydrogen-bond acceptors (Lipinski definition) is 6. The van der Waals surface area contributed by atoms with E-state index in [4.69, 9.17) is 4.74 Å². The highest BCUT2D eigenvalue weighted by molar-refractivity contribution is 7.14. The molecule has 0 saturated carbocycles. The molecule has 2 heterocycles. The monoisotopic (exact) mass is 445 g/mol. The topological polar surface area (TPSA) is 71.9 Å². The third-order valence-electron chi connectivity index (χ3n) is 5.34. The highest BCUT2D eigenvalue weighted by Gasteiger charge is 2.26. The first-order valence-electron chi connectivity index (χ1n) is 10.2. The fourth-order valence-electron chi connectivity index (χ4n) is 3.54. The van der Waals surface area contributed by atoms with Crippen molar-refractivity contribution in [2.75, 3.05) is 4.90 Å². The molecule has 7 heteroatoms. The Hall–Kier alpha value is -3.58. The van der Waals surface area contributed by atoms with Crippen LogP contribution in [0.2, 0.25) is 0 Å². The summed E-state index contributed by atoms with van der Waals surface area (Å²) in [5, 5.41) is 2.33. The number of benzene rings is 2. The summed E-state index contributed by atoms with van der Waals surface area (Å²) in [5.41, 5.74) is 6.51. The summed E-state index contributed by atoms with van der Waals surface area (Å²) >= 11 is 1.33. The molecule has 4 rings (SSSR count). The number of carbonyl (C=O) groups is 2. The van der Waals surface area contributed by atoms with Crippen molar-refractivity contribution in [1.82, 2.24) is 4.98 Å². The highest BCUT2D eigenvalue weighted by atomic mass is 32.1. The van der Waals surface area contributed by atoms with E-state index in [0.717, 1.165) is 33.5 Å². The fourth-order valence-corrected chi connectivity index (χ4v) is 4.37. The van der Waals surface area contributed by atoms with E-state index in [1.807, 2.05) is 64.1 Å². The second-order valence-corrected chi connectivity index (χ2v) is 8.62. The highest BCUT2D eigenvalue weighted by Crippen LogP contribution is 2.34. The van der Waals surface area contributed by atoms with Crippen LogP contribution in [0.3, 0.4) is 0 Å². The number of nitrogens with zero attached hydrogens (tertiary/aromatic N) is 3. The third kappa shape index (κ3) is 4.11. The number of thiazole rings is 1. The van der Waals surface area contributed by atoms with Gasteiger partial charge < -0.3 is 4.74 Å². The van der Waals surface area contributed by atoms with Crippen LogP contribution in [-0.2, 0) is 14.3 Å². The first-order chi connectivity index (χ1) is 15.2. The molecule has 2 aromatic carbocycles. The lowest BCUT2D eigenvalue weighted by molar-refractivity contribution is -0.130. The van der Waals surface area contributed by atoms with Gasteiger partial charge in [-0.3, -0.25) is 9.69 Å². The Balaban J connectivity index is 1.67. The summed E-state index contributed by atoms with van der Waals surface area (Å²) in [4.78, 5) is 35.4. The Morgan fingerprint density at radius 2 is 1.75 bits per heavy atom. The van der Waals surface area contributed by atoms with Crippen LogP contribution < -0.4 is 4.90 Å². The molecule has 0 unspecified atom stereocenters. The molecule has 0 atom stereocenters. The van der Waals surface area contributed by atoms with E-state index in [0.29, 0.717) is 10.8 Å². The Morgan fingerprint density at radius 3 is 2.41 bits per heavy atom. The largest absolute Gasteiger partial charge is 0.402 e. The van der Waals surface area contributed by atoms with Gasteiger partial charge in [-0.2, -0.15) is 0 Å². The van der Waals surface area contributed by atoms with Gasteiger partial charge in [0.05, 0.1) is 11.4 Å². The maximum Gasteiger partial charge on any atom is 0.363 e. The van der Waals surface area contributed by atoms with E-state index < -0.39 is 5.97 Å². The Labute approximate surface area is 190 Å². The second-order valence-electron chi connectivity index (χ2n) is 7.78. The van der Waals surface area contributed by atoms with Crippen LogP contribution in [-0.4, -0.2) is 22.8 Å². The van der Waals surface area contributed by atoms with Gasteiger partial charge in [-0.05, 0) is 68.2 Å². The maximum absolute atomic E-state index is 12.5. The first-order valence-corrected chi connectivity index (χ1v) is 11.0. The van der Waals surface area contributed by atoms with Crippen LogP contribution in [0.1, 0.15) is 40.4 Å². The molecule has 1 aliphatic heterocycles. The van der Waals surface area contributed by atoms with Gasteiger partial charge in [-0.1, -0.05) is 24.3 Å². The lowest BCUT2D eigenvalue weighted by Gasteiger charge is -2.22. The molecule has 0 bridgehead atoms. The minimum atomic E-state index is -0.522. The average Bonchev–Trinajstić information content (AvgIpc) is 3.34. The number of cyclic esters (lactones) is 1. The summed E-state index contributed by atoms with van der Waals surface area (Å²) in [7, 11) is 0. The summed E-state index contributed by atoms with van der Waals surface area (Å²) < 4.78 is 5.37. The lowest BCUT2D eigenvalue weighted by Crippen LogP contribution is -2.24. The zero-order valence-corrected chi connectivity index (χ0v) is 19.4. The Kier molecular flexibility index (Phi) is 5.76. The van der Waals surface area contributed by atoms with Crippen LogP contribution in [0, 0.1) is 27.7 Å². The minimum absolute atomic E-state index is 0.133. The molecule has 32 heavy (non-hydrogen) atoms. The lowest BCUT2D eigenvalue weighted by atomic mass is 10.1. The molecule has 0 fully saturated rings. The quantitative estimate of drug-likeness (QED) is 0.398. The molecule has 0 saturated heterocycles. The van der Waals surface area contributed by atoms with Crippen molar-refractivity contribution in [2.45, 2.75) is 34.6 Å². The van der Waals surface area contributed by atoms with Crippen molar-refractivity contribution in [1.29, 1.82) is 0 Å². The molecular weight excluding hydrogens is 422 g/mol. The molecular formula is C25H23N3O3S. The maximum atomic E-state index is 12.5. The third-order valence-corrected chi connectivity index (χ3v) is 6.18. The Morgan fingerprint density at radius 1 is 1.03 bits per heavy atom. The van der Waals surface area contributed by atoms with E-state index in [1.165, 1.54) is 18.3 Å². The van der Waals surface area contributed by atoms with Gasteiger partial charge in [0.2, 0.25) is 11.8 Å². The van der Waals surface area contributed by atoms with Crippen molar-refractivity contribution >= 4 is 46.0 Å². The molecule has 0 aliphatic carbocycles. The number of para-hydroxylation sites is 1. The van der Waals surface area contributed by atoms with Gasteiger partial charge in [0.1, 0.15) is 0 Å². The number of aryl methyl sites for hydroxylation is 4. The molecule has 1 amide bonds. The van der Waals surface area contributed by atoms with Crippen molar-refractivity contribution in [2.24, 2.45) is 4.99 Å². The minimum Gasteiger partial charge on any atom is -0.402 e. The fraction of sp³-hybridized carbons (Fsp3) is 0.200. The number of anilines is 2. The standard InChI is InChI=1S/C25H23N3O3S/c1-14-9-10-19(11-17(14)4)23-27-21(24(30)31-23)12-20-13-32-25(26-20)28(18(5)29)22-15(2)7-6-8-16(22)3/h6-13H,1-5H3. The van der Waals surface area contributed by atoms with Crippen molar-refractivity contribution < 1.29 is 14.3 Å². The van der Waals surface area contributed by atoms with Crippen LogP contribution in [0.25, 0.3) is 6.08 Å². The molecule has 0 spiro atoms. The first kappa shape index (κ1) is 21.6. The SMILES string of the molecule is CC(=O)N(c1nc(C=C2N=C(c3ccc(C)c(C)c3)OC2=O)cs1)c1c(C)cccc1C. The number of hydrogen-bond donors (Lipinski definition) is 0. The number of ether oxygens (including phenoxy) is 1. The number of aliphatic imine (C=N–C) groups is 1. The van der Waals surface area contributed by atoms with Gasteiger partial charge in [0.15, 0.2) is 10.8 Å². The zero-order chi connectivity index (χ0) is 23.0. The van der Waals surface area contributed by atoms with Crippen molar-refractivity contribution in [3.8, 4) is 0 Å². The van der Waals surface area contributed by atoms with E-state index in [1.54, 1.807) is 16.4 Å². The summed E-state index contributed by atoms with van der Waals surface area (Å²) in [6, 6.07) is 11.7. The normalized spacial score (nSPS) is 14.5. The Bertz CT molecular complexity index is 1280. The molecule has 1 aliphatic rings. The molecule has 6 nitrogen and oxygen atoms in total. The van der Waals surface area contributed by atoms with Gasteiger partial charge >= 0.3 is 5.97 Å². The zero-order valence-electron chi connectivity index (χ0n) is 18.6. The van der Waals surface area contributed by atoms with E-state index in [-0.39, 0.29) is 17.5 Å². The van der Waals surface area contributed by atoms with E-state index in [2.05, 4.69) is 9.98 Å². The number of rotatable bonds is 4. The van der Waals surface area contributed by atoms with Gasteiger partial charge in [0, 0.05) is 17.9 Å². The number of amides is 1. The van der Waals surface area contributed by atoms with Crippen molar-refractivity contribution in [3.63, 3.8) is 0 Å².